The molecule has 0 bridgehead atoms. The zero-order valence-corrected chi connectivity index (χ0v) is 16.5. The lowest BCUT2D eigenvalue weighted by Gasteiger charge is -2.12. The number of anilines is 1. The second-order valence-corrected chi connectivity index (χ2v) is 8.16. The van der Waals surface area contributed by atoms with E-state index in [2.05, 4.69) is 25.8 Å². The fourth-order valence-corrected chi connectivity index (χ4v) is 3.17. The Bertz CT molecular complexity index is 1080. The number of carbonyl (C=O) groups excluding carboxylic acids is 2. The first-order chi connectivity index (χ1) is 13.2. The summed E-state index contributed by atoms with van der Waals surface area (Å²) in [7, 11) is 0. The topological polar surface area (TPSA) is 119 Å². The predicted molar refractivity (Wildman–Crippen MR) is 106 cm³/mol. The van der Waals surface area contributed by atoms with Crippen LogP contribution in [0, 0.1) is 0 Å². The first-order valence-corrected chi connectivity index (χ1v) is 9.40. The number of fused-ring (bicyclic) bond motifs is 1. The maximum absolute atomic E-state index is 12.4. The zero-order valence-electron chi connectivity index (χ0n) is 15.7. The molecule has 0 aliphatic carbocycles. The maximum atomic E-state index is 12.4. The molecule has 0 fully saturated rings. The number of nitrogens with one attached hydrogen (secondary N) is 2. The SMILES string of the molecule is CC(C)(C)c1nnc(NC(=O)CNC(=O)Cn2cnc3ccccc3c2=O)s1. The molecule has 9 nitrogen and oxygen atoms in total. The standard InChI is InChI=1S/C18H20N6O3S/c1-18(2,3)16-22-23-17(28-16)21-13(25)8-19-14(26)9-24-10-20-12-7-5-4-6-11(12)15(24)27/h4-7,10H,8-9H2,1-3H3,(H,19,26)(H,21,23,25). The second-order valence-electron chi connectivity index (χ2n) is 7.18. The molecule has 0 atom stereocenters. The zero-order chi connectivity index (χ0) is 20.3. The summed E-state index contributed by atoms with van der Waals surface area (Å²) in [5.74, 6) is -0.893. The van der Waals surface area contributed by atoms with Crippen molar-refractivity contribution in [3.8, 4) is 0 Å². The lowest BCUT2D eigenvalue weighted by Crippen LogP contribution is -2.37. The minimum absolute atomic E-state index is 0.157. The Kier molecular flexibility index (Phi) is 5.50. The molecule has 10 heteroatoms. The van der Waals surface area contributed by atoms with Crippen molar-refractivity contribution in [1.29, 1.82) is 0 Å². The molecule has 2 amide bonds. The highest BCUT2D eigenvalue weighted by atomic mass is 32.1. The summed E-state index contributed by atoms with van der Waals surface area (Å²) >= 11 is 1.29. The third-order valence-corrected chi connectivity index (χ3v) is 5.07. The molecule has 0 aliphatic heterocycles. The van der Waals surface area contributed by atoms with Crippen LogP contribution in [0.1, 0.15) is 25.8 Å². The van der Waals surface area contributed by atoms with Crippen molar-refractivity contribution in [3.63, 3.8) is 0 Å². The van der Waals surface area contributed by atoms with Gasteiger partial charge in [0.2, 0.25) is 16.9 Å². The van der Waals surface area contributed by atoms with Gasteiger partial charge in [0.05, 0.1) is 23.8 Å². The molecule has 2 N–H and O–H groups in total. The molecule has 2 heterocycles. The molecule has 0 spiro atoms. The van der Waals surface area contributed by atoms with Gasteiger partial charge < -0.3 is 5.32 Å². The molecule has 0 saturated carbocycles. The molecule has 0 aliphatic rings. The van der Waals surface area contributed by atoms with Crippen molar-refractivity contribution >= 4 is 39.2 Å². The van der Waals surface area contributed by atoms with Gasteiger partial charge in [-0.15, -0.1) is 10.2 Å². The van der Waals surface area contributed by atoms with Crippen LogP contribution >= 0.6 is 11.3 Å². The van der Waals surface area contributed by atoms with E-state index in [-0.39, 0.29) is 24.1 Å². The van der Waals surface area contributed by atoms with Gasteiger partial charge in [-0.1, -0.05) is 44.2 Å². The van der Waals surface area contributed by atoms with Crippen molar-refractivity contribution in [1.82, 2.24) is 25.1 Å². The highest BCUT2D eigenvalue weighted by molar-refractivity contribution is 7.15. The molecule has 3 rings (SSSR count). The molecule has 146 valence electrons. The Morgan fingerprint density at radius 3 is 2.61 bits per heavy atom. The average Bonchev–Trinajstić information content (AvgIpc) is 3.11. The number of benzene rings is 1. The van der Waals surface area contributed by atoms with Gasteiger partial charge in [0.25, 0.3) is 5.56 Å². The number of rotatable bonds is 5. The summed E-state index contributed by atoms with van der Waals surface area (Å²) in [5, 5.41) is 14.7. The van der Waals surface area contributed by atoms with E-state index in [1.807, 2.05) is 20.8 Å². The lowest BCUT2D eigenvalue weighted by atomic mass is 9.98. The number of nitrogens with zero attached hydrogens (tertiary/aromatic N) is 4. The van der Waals surface area contributed by atoms with Crippen molar-refractivity contribution in [3.05, 3.63) is 46.0 Å². The van der Waals surface area contributed by atoms with E-state index < -0.39 is 11.8 Å². The fourth-order valence-electron chi connectivity index (χ4n) is 2.35. The fraction of sp³-hybridized carbons (Fsp3) is 0.333. The number of hydrogen-bond acceptors (Lipinski definition) is 7. The molecular weight excluding hydrogens is 380 g/mol. The van der Waals surface area contributed by atoms with Crippen LogP contribution < -0.4 is 16.2 Å². The summed E-state index contributed by atoms with van der Waals surface area (Å²) < 4.78 is 1.20. The minimum atomic E-state index is -0.470. The van der Waals surface area contributed by atoms with Crippen LogP contribution in [-0.2, 0) is 21.5 Å². The number of hydrogen-bond donors (Lipinski definition) is 2. The Hall–Kier alpha value is -3.14. The van der Waals surface area contributed by atoms with Crippen molar-refractivity contribution in [2.75, 3.05) is 11.9 Å². The quantitative estimate of drug-likeness (QED) is 0.666. The molecule has 0 radical (unpaired) electrons. The van der Waals surface area contributed by atoms with Crippen LogP contribution in [0.3, 0.4) is 0 Å². The van der Waals surface area contributed by atoms with Gasteiger partial charge in [-0.3, -0.25) is 24.3 Å². The molecule has 3 aromatic rings. The maximum Gasteiger partial charge on any atom is 0.261 e. The molecule has 2 aromatic heterocycles. The van der Waals surface area contributed by atoms with E-state index in [4.69, 9.17) is 0 Å². The van der Waals surface area contributed by atoms with Crippen molar-refractivity contribution < 1.29 is 9.59 Å². The summed E-state index contributed by atoms with van der Waals surface area (Å²) in [6.45, 7) is 5.55. The van der Waals surface area contributed by atoms with E-state index in [0.29, 0.717) is 16.0 Å². The van der Waals surface area contributed by atoms with Crippen LogP contribution in [0.15, 0.2) is 35.4 Å². The van der Waals surface area contributed by atoms with Crippen LogP contribution in [0.4, 0.5) is 5.13 Å². The normalized spacial score (nSPS) is 11.4. The van der Waals surface area contributed by atoms with Crippen molar-refractivity contribution in [2.45, 2.75) is 32.7 Å². The number of aromatic nitrogens is 4. The van der Waals surface area contributed by atoms with E-state index in [1.165, 1.54) is 22.2 Å². The number of carbonyl (C=O) groups is 2. The number of para-hydroxylation sites is 1. The molecule has 28 heavy (non-hydrogen) atoms. The molecule has 0 saturated heterocycles. The van der Waals surface area contributed by atoms with Gasteiger partial charge in [-0.25, -0.2) is 4.98 Å². The van der Waals surface area contributed by atoms with E-state index in [0.717, 1.165) is 5.01 Å². The van der Waals surface area contributed by atoms with E-state index in [1.54, 1.807) is 24.3 Å². The monoisotopic (exact) mass is 400 g/mol. The smallest absolute Gasteiger partial charge is 0.261 e. The molecule has 0 unspecified atom stereocenters. The third-order valence-electron chi connectivity index (χ3n) is 3.80. The van der Waals surface area contributed by atoms with Gasteiger partial charge in [0.15, 0.2) is 0 Å². The second kappa shape index (κ2) is 7.85. The van der Waals surface area contributed by atoms with Crippen LogP contribution in [0.2, 0.25) is 0 Å². The summed E-state index contributed by atoms with van der Waals surface area (Å²) in [4.78, 5) is 40.6. The Morgan fingerprint density at radius 2 is 1.89 bits per heavy atom. The van der Waals surface area contributed by atoms with Crippen LogP contribution in [0.5, 0.6) is 0 Å². The highest BCUT2D eigenvalue weighted by Crippen LogP contribution is 2.27. The van der Waals surface area contributed by atoms with E-state index >= 15 is 0 Å². The summed E-state index contributed by atoms with van der Waals surface area (Å²) in [6.07, 6.45) is 1.32. The molecule has 1 aromatic carbocycles. The number of amides is 2. The van der Waals surface area contributed by atoms with Gasteiger partial charge in [0.1, 0.15) is 11.6 Å². The predicted octanol–water partition coefficient (Wildman–Crippen LogP) is 1.30. The Morgan fingerprint density at radius 1 is 1.14 bits per heavy atom. The van der Waals surface area contributed by atoms with Gasteiger partial charge in [-0.05, 0) is 12.1 Å². The largest absolute Gasteiger partial charge is 0.345 e. The average molecular weight is 400 g/mol. The van der Waals surface area contributed by atoms with Crippen LogP contribution in [-0.4, -0.2) is 38.1 Å². The molecular formula is C18H20N6O3S. The summed E-state index contributed by atoms with van der Waals surface area (Å²) in [5.41, 5.74) is 0.0970. The van der Waals surface area contributed by atoms with E-state index in [9.17, 15) is 14.4 Å². The van der Waals surface area contributed by atoms with Gasteiger partial charge in [-0.2, -0.15) is 0 Å². The first kappa shape index (κ1) is 19.6. The lowest BCUT2D eigenvalue weighted by molar-refractivity contribution is -0.124. The third kappa shape index (κ3) is 4.58. The Balaban J connectivity index is 1.56. The Labute approximate surface area is 164 Å². The van der Waals surface area contributed by atoms with Crippen molar-refractivity contribution in [2.24, 2.45) is 0 Å². The minimum Gasteiger partial charge on any atom is -0.345 e. The highest BCUT2D eigenvalue weighted by Gasteiger charge is 2.20. The van der Waals surface area contributed by atoms with Gasteiger partial charge in [0, 0.05) is 5.41 Å². The summed E-state index contributed by atoms with van der Waals surface area (Å²) in [6, 6.07) is 6.90. The van der Waals surface area contributed by atoms with Gasteiger partial charge >= 0.3 is 0 Å². The first-order valence-electron chi connectivity index (χ1n) is 8.59. The van der Waals surface area contributed by atoms with Crippen LogP contribution in [0.25, 0.3) is 10.9 Å².